The lowest BCUT2D eigenvalue weighted by Gasteiger charge is -2.40. The summed E-state index contributed by atoms with van der Waals surface area (Å²) in [6.45, 7) is 0. The highest BCUT2D eigenvalue weighted by molar-refractivity contribution is 6.13. The van der Waals surface area contributed by atoms with Crippen molar-refractivity contribution in [2.45, 2.75) is 5.41 Å². The normalized spacial score (nSPS) is 14.4. The molecule has 1 aliphatic heterocycles. The largest absolute Gasteiger partial charge is 0.310 e. The quantitative estimate of drug-likeness (QED) is 0.163. The van der Waals surface area contributed by atoms with Gasteiger partial charge in [0.1, 0.15) is 0 Å². The third-order valence-electron chi connectivity index (χ3n) is 13.6. The van der Waals surface area contributed by atoms with Gasteiger partial charge in [-0.2, -0.15) is 0 Å². The Balaban J connectivity index is 1.06. The van der Waals surface area contributed by atoms with E-state index >= 15 is 0 Å². The Kier molecular flexibility index (Phi) is 7.85. The van der Waals surface area contributed by atoms with Gasteiger partial charge in [-0.3, -0.25) is 0 Å². The van der Waals surface area contributed by atoms with E-state index in [0.29, 0.717) is 0 Å². The number of aromatic nitrogens is 1. The van der Waals surface area contributed by atoms with Gasteiger partial charge in [-0.15, -0.1) is 0 Å². The lowest BCUT2D eigenvalue weighted by atomic mass is 9.65. The highest BCUT2D eigenvalue weighted by Gasteiger charge is 2.51. The van der Waals surface area contributed by atoms with Gasteiger partial charge < -0.3 is 9.47 Å². The molecule has 11 aromatic rings. The van der Waals surface area contributed by atoms with E-state index in [4.69, 9.17) is 0 Å². The summed E-state index contributed by atoms with van der Waals surface area (Å²) < 4.78 is 2.52. The molecule has 10 aromatic carbocycles. The van der Waals surface area contributed by atoms with Gasteiger partial charge in [0.15, 0.2) is 0 Å². The molecule has 0 N–H and O–H groups in total. The van der Waals surface area contributed by atoms with Crippen molar-refractivity contribution in [3.63, 3.8) is 0 Å². The Labute approximate surface area is 367 Å². The predicted octanol–water partition coefficient (Wildman–Crippen LogP) is 15.9. The van der Waals surface area contributed by atoms with E-state index in [9.17, 15) is 0 Å². The van der Waals surface area contributed by atoms with Gasteiger partial charge in [0.05, 0.1) is 27.8 Å². The number of hydrogen-bond acceptors (Lipinski definition) is 1. The maximum atomic E-state index is 2.52. The molecule has 1 unspecified atom stereocenters. The maximum absolute atomic E-state index is 2.52. The standard InChI is InChI=1S/C61H40N2/c1-3-16-41(17-4-1)43-30-32-45(33-31-43)48-20-8-12-27-57(48)62(46-36-34-44(35-37-46)42-18-5-2-6-19-42)47-38-39-50-49-21-7-10-24-53(49)61(56(50)40-47)54-25-11-14-29-59(54)63-58-28-13-9-22-51(58)52-23-15-26-55(61)60(52)63/h1-40H. The van der Waals surface area contributed by atoms with Crippen LogP contribution in [0.3, 0.4) is 0 Å². The molecule has 63 heavy (non-hydrogen) atoms. The number of anilines is 3. The summed E-state index contributed by atoms with van der Waals surface area (Å²) in [5, 5.41) is 2.56. The van der Waals surface area contributed by atoms with Crippen LogP contribution in [0.4, 0.5) is 17.1 Å². The molecule has 2 heteroatoms. The van der Waals surface area contributed by atoms with Crippen molar-refractivity contribution in [3.8, 4) is 50.2 Å². The summed E-state index contributed by atoms with van der Waals surface area (Å²) in [6, 6.07) is 89.6. The fourth-order valence-corrected chi connectivity index (χ4v) is 10.9. The molecule has 1 aromatic heterocycles. The predicted molar refractivity (Wildman–Crippen MR) is 263 cm³/mol. The molecule has 13 rings (SSSR count). The van der Waals surface area contributed by atoms with E-state index in [-0.39, 0.29) is 0 Å². The third-order valence-corrected chi connectivity index (χ3v) is 13.6. The molecule has 0 radical (unpaired) electrons. The zero-order chi connectivity index (χ0) is 41.5. The van der Waals surface area contributed by atoms with E-state index in [2.05, 4.69) is 252 Å². The fraction of sp³-hybridized carbons (Fsp3) is 0.0164. The van der Waals surface area contributed by atoms with E-state index in [1.807, 2.05) is 0 Å². The first kappa shape index (κ1) is 35.5. The van der Waals surface area contributed by atoms with Crippen LogP contribution in [0.15, 0.2) is 243 Å². The average molecular weight is 801 g/mol. The number of fused-ring (bicyclic) bond motifs is 12. The van der Waals surface area contributed by atoms with Gasteiger partial charge in [0.25, 0.3) is 0 Å². The Morgan fingerprint density at radius 3 is 1.60 bits per heavy atom. The number of hydrogen-bond donors (Lipinski definition) is 0. The first-order valence-electron chi connectivity index (χ1n) is 21.8. The van der Waals surface area contributed by atoms with Crippen LogP contribution in [0.5, 0.6) is 0 Å². The molecule has 0 amide bonds. The van der Waals surface area contributed by atoms with E-state index < -0.39 is 5.41 Å². The van der Waals surface area contributed by atoms with Crippen LogP contribution in [-0.2, 0) is 5.41 Å². The van der Waals surface area contributed by atoms with Crippen LogP contribution in [0.2, 0.25) is 0 Å². The SMILES string of the molecule is c1ccc(-c2ccc(-c3ccccc3N(c3ccc(-c4ccccc4)cc3)c3ccc4c(c3)C3(c5ccccc5-4)c4ccccc4-n4c5ccccc5c5cccc3c54)cc2)cc1. The van der Waals surface area contributed by atoms with E-state index in [1.165, 1.54) is 94.3 Å². The molecule has 0 saturated heterocycles. The Bertz CT molecular complexity index is 3550. The molecule has 0 fully saturated rings. The minimum absolute atomic E-state index is 0.557. The molecule has 1 atom stereocenters. The number of rotatable bonds is 6. The van der Waals surface area contributed by atoms with Crippen molar-refractivity contribution < 1.29 is 0 Å². The first-order chi connectivity index (χ1) is 31.3. The smallest absolute Gasteiger partial charge is 0.0755 e. The van der Waals surface area contributed by atoms with Gasteiger partial charge in [-0.1, -0.05) is 200 Å². The second kappa shape index (κ2) is 13.9. The summed E-state index contributed by atoms with van der Waals surface area (Å²) in [5.74, 6) is 0. The lowest BCUT2D eigenvalue weighted by Crippen LogP contribution is -2.33. The van der Waals surface area contributed by atoms with Crippen LogP contribution < -0.4 is 4.90 Å². The number of benzene rings is 10. The summed E-state index contributed by atoms with van der Waals surface area (Å²) in [5.41, 5.74) is 21.5. The molecule has 1 aliphatic carbocycles. The average Bonchev–Trinajstić information content (AvgIpc) is 3.85. The summed E-state index contributed by atoms with van der Waals surface area (Å²) in [4.78, 5) is 2.47. The van der Waals surface area contributed by atoms with E-state index in [1.54, 1.807) is 0 Å². The Hall–Kier alpha value is -8.20. The monoisotopic (exact) mass is 800 g/mol. The van der Waals surface area contributed by atoms with Crippen molar-refractivity contribution >= 4 is 38.9 Å². The van der Waals surface area contributed by atoms with Gasteiger partial charge in [0.2, 0.25) is 0 Å². The molecular formula is C61H40N2. The third kappa shape index (κ3) is 5.19. The van der Waals surface area contributed by atoms with Crippen LogP contribution in [0.1, 0.15) is 22.3 Å². The molecule has 2 aliphatic rings. The molecule has 1 spiro atoms. The summed E-state index contributed by atoms with van der Waals surface area (Å²) >= 11 is 0. The molecule has 0 bridgehead atoms. The highest BCUT2D eigenvalue weighted by Crippen LogP contribution is 2.62. The van der Waals surface area contributed by atoms with Crippen LogP contribution in [0.25, 0.3) is 72.0 Å². The molecule has 0 saturated carbocycles. The number of nitrogens with zero attached hydrogens (tertiary/aromatic N) is 2. The second-order valence-electron chi connectivity index (χ2n) is 16.8. The van der Waals surface area contributed by atoms with Crippen molar-refractivity contribution in [2.75, 3.05) is 4.90 Å². The van der Waals surface area contributed by atoms with Gasteiger partial charge in [0, 0.05) is 27.7 Å². The van der Waals surface area contributed by atoms with Crippen LogP contribution >= 0.6 is 0 Å². The molecule has 2 heterocycles. The minimum Gasteiger partial charge on any atom is -0.310 e. The highest BCUT2D eigenvalue weighted by atomic mass is 15.1. The van der Waals surface area contributed by atoms with E-state index in [0.717, 1.165) is 17.1 Å². The minimum atomic E-state index is -0.557. The van der Waals surface area contributed by atoms with Crippen molar-refractivity contribution in [1.82, 2.24) is 4.57 Å². The lowest BCUT2D eigenvalue weighted by molar-refractivity contribution is 0.748. The first-order valence-corrected chi connectivity index (χ1v) is 21.8. The zero-order valence-electron chi connectivity index (χ0n) is 34.5. The maximum Gasteiger partial charge on any atom is 0.0755 e. The van der Waals surface area contributed by atoms with Crippen molar-refractivity contribution in [1.29, 1.82) is 0 Å². The van der Waals surface area contributed by atoms with Crippen molar-refractivity contribution in [3.05, 3.63) is 265 Å². The molecule has 294 valence electrons. The fourth-order valence-electron chi connectivity index (χ4n) is 10.9. The Morgan fingerprint density at radius 1 is 0.317 bits per heavy atom. The molecule has 2 nitrogen and oxygen atoms in total. The van der Waals surface area contributed by atoms with Gasteiger partial charge in [-0.05, 0) is 104 Å². The second-order valence-corrected chi connectivity index (χ2v) is 16.8. The van der Waals surface area contributed by atoms with Gasteiger partial charge in [-0.25, -0.2) is 0 Å². The zero-order valence-corrected chi connectivity index (χ0v) is 34.5. The summed E-state index contributed by atoms with van der Waals surface area (Å²) in [6.07, 6.45) is 0. The van der Waals surface area contributed by atoms with Crippen LogP contribution in [-0.4, -0.2) is 4.57 Å². The summed E-state index contributed by atoms with van der Waals surface area (Å²) in [7, 11) is 0. The number of para-hydroxylation sites is 4. The van der Waals surface area contributed by atoms with Crippen LogP contribution in [0, 0.1) is 0 Å². The van der Waals surface area contributed by atoms with Gasteiger partial charge >= 0.3 is 0 Å². The van der Waals surface area contributed by atoms with Crippen molar-refractivity contribution in [2.24, 2.45) is 0 Å². The molecular weight excluding hydrogens is 761 g/mol. The Morgan fingerprint density at radius 2 is 0.841 bits per heavy atom. The topological polar surface area (TPSA) is 8.17 Å².